The van der Waals surface area contributed by atoms with Crippen LogP contribution in [0.3, 0.4) is 0 Å². The van der Waals surface area contributed by atoms with Crippen molar-refractivity contribution in [1.29, 1.82) is 0 Å². The Balaban J connectivity index is 0.000000202. The van der Waals surface area contributed by atoms with E-state index in [-0.39, 0.29) is 11.8 Å². The second-order valence-corrected chi connectivity index (χ2v) is 16.7. The van der Waals surface area contributed by atoms with Crippen molar-refractivity contribution in [1.82, 2.24) is 14.7 Å². The first-order chi connectivity index (χ1) is 29.8. The van der Waals surface area contributed by atoms with Gasteiger partial charge in [-0.15, -0.1) is 0 Å². The Kier molecular flexibility index (Phi) is 23.7. The predicted molar refractivity (Wildman–Crippen MR) is 250 cm³/mol. The summed E-state index contributed by atoms with van der Waals surface area (Å²) in [7, 11) is 1.38. The maximum Gasteiger partial charge on any atom is 0.337 e. The summed E-state index contributed by atoms with van der Waals surface area (Å²) in [4.78, 5) is 30.5. The molecule has 0 saturated carbocycles. The van der Waals surface area contributed by atoms with Crippen molar-refractivity contribution >= 4 is 17.8 Å². The van der Waals surface area contributed by atoms with E-state index in [0.717, 1.165) is 87.0 Å². The first-order valence-corrected chi connectivity index (χ1v) is 23.4. The quantitative estimate of drug-likeness (QED) is 0.0666. The third kappa shape index (κ3) is 19.2. The van der Waals surface area contributed by atoms with Crippen molar-refractivity contribution in [3.05, 3.63) is 95.6 Å². The van der Waals surface area contributed by atoms with Crippen molar-refractivity contribution < 1.29 is 28.5 Å². The van der Waals surface area contributed by atoms with E-state index in [9.17, 15) is 9.59 Å². The lowest BCUT2D eigenvalue weighted by atomic mass is 10.0. The maximum absolute atomic E-state index is 11.5. The number of esters is 1. The maximum atomic E-state index is 11.5. The van der Waals surface area contributed by atoms with E-state index < -0.39 is 0 Å². The van der Waals surface area contributed by atoms with Crippen molar-refractivity contribution in [2.45, 2.75) is 123 Å². The van der Waals surface area contributed by atoms with Crippen molar-refractivity contribution in [3.63, 3.8) is 0 Å². The second-order valence-electron chi connectivity index (χ2n) is 16.7. The average Bonchev–Trinajstić information content (AvgIpc) is 3.30. The van der Waals surface area contributed by atoms with Crippen LogP contribution >= 0.6 is 0 Å². The Bertz CT molecular complexity index is 1660. The summed E-state index contributed by atoms with van der Waals surface area (Å²) in [5.41, 5.74) is 2.54. The molecule has 61 heavy (non-hydrogen) atoms. The highest BCUT2D eigenvalue weighted by Gasteiger charge is 2.18. The van der Waals surface area contributed by atoms with Crippen LogP contribution in [0.25, 0.3) is 6.08 Å². The van der Waals surface area contributed by atoms with Gasteiger partial charge in [0.15, 0.2) is 5.78 Å². The number of likely N-dealkylation sites (tertiary alicyclic amines) is 3. The number of ether oxygens (including phenoxy) is 4. The van der Waals surface area contributed by atoms with Gasteiger partial charge in [0.25, 0.3) is 0 Å². The number of allylic oxidation sites excluding steroid dienone is 1. The van der Waals surface area contributed by atoms with Gasteiger partial charge in [-0.05, 0) is 171 Å². The minimum Gasteiger partial charge on any atom is -0.494 e. The lowest BCUT2D eigenvalue weighted by Crippen LogP contribution is -2.38. The molecule has 0 radical (unpaired) electrons. The lowest BCUT2D eigenvalue weighted by molar-refractivity contribution is 0.0600. The fourth-order valence-electron chi connectivity index (χ4n) is 8.17. The molecule has 0 aromatic heterocycles. The van der Waals surface area contributed by atoms with Crippen LogP contribution in [-0.4, -0.2) is 111 Å². The summed E-state index contributed by atoms with van der Waals surface area (Å²) in [5, 5.41) is 0. The molecule has 2 atom stereocenters. The number of carbonyl (C=O) groups excluding carboxylic acids is 2. The van der Waals surface area contributed by atoms with E-state index in [1.807, 2.05) is 50.2 Å². The highest BCUT2D eigenvalue weighted by atomic mass is 16.5. The Morgan fingerprint density at radius 3 is 1.48 bits per heavy atom. The number of Topliss-reactive ketones (excluding diaryl/α,β-unsaturated/α-hetero) is 1. The van der Waals surface area contributed by atoms with Gasteiger partial charge < -0.3 is 33.6 Å². The third-order valence-electron chi connectivity index (χ3n) is 11.9. The minimum atomic E-state index is -0.318. The summed E-state index contributed by atoms with van der Waals surface area (Å²) >= 11 is 0. The summed E-state index contributed by atoms with van der Waals surface area (Å²) in [6.07, 6.45) is 20.1. The minimum absolute atomic E-state index is 0.181. The van der Waals surface area contributed by atoms with Crippen LogP contribution in [0.4, 0.5) is 0 Å². The smallest absolute Gasteiger partial charge is 0.337 e. The number of piperidine rings is 3. The molecule has 3 aromatic carbocycles. The number of hydrogen-bond acceptors (Lipinski definition) is 9. The molecule has 0 spiro atoms. The molecule has 3 aliphatic rings. The summed E-state index contributed by atoms with van der Waals surface area (Å²) in [5.74, 6) is 2.50. The SMILES string of the molecule is CC=Cc1ccc(OCCCN2CCCCC2C)cc1.CCC(=O)c1ccc(OCCCN2CCCCC2C)cc1.COC(=O)c1ccc(OCCCN2CCCCC2)cc1. The van der Waals surface area contributed by atoms with Gasteiger partial charge in [0, 0.05) is 43.7 Å². The summed E-state index contributed by atoms with van der Waals surface area (Å²) in [6, 6.07) is 24.4. The molecule has 3 aromatic rings. The standard InChI is InChI=1S/C18H27NO2.C18H27NO.C16H23NO3/c1-3-18(20)16-8-10-17(11-9-16)21-14-6-13-19-12-5-4-7-15(19)2;1-3-7-17-9-11-18(12-10-17)20-15-6-14-19-13-5-4-8-16(19)2;1-19-16(18)14-6-8-15(9-7-14)20-13-5-12-17-10-3-2-4-11-17/h8-11,15H,3-7,12-14H2,1-2H3;3,7,9-12,16H,4-6,8,13-15H2,1-2H3;6-9H,2-5,10-13H2,1H3. The predicted octanol–water partition coefficient (Wildman–Crippen LogP) is 11.0. The van der Waals surface area contributed by atoms with Crippen LogP contribution in [-0.2, 0) is 4.74 Å². The van der Waals surface area contributed by atoms with E-state index in [2.05, 4.69) is 69.7 Å². The monoisotopic (exact) mass is 840 g/mol. The van der Waals surface area contributed by atoms with Crippen LogP contribution < -0.4 is 14.2 Å². The van der Waals surface area contributed by atoms with E-state index >= 15 is 0 Å². The molecule has 2 unspecified atom stereocenters. The topological polar surface area (TPSA) is 80.8 Å². The van der Waals surface area contributed by atoms with E-state index in [4.69, 9.17) is 14.2 Å². The van der Waals surface area contributed by atoms with Crippen molar-refractivity contribution in [3.8, 4) is 17.2 Å². The zero-order valence-corrected chi connectivity index (χ0v) is 38.3. The van der Waals surface area contributed by atoms with Gasteiger partial charge in [-0.2, -0.15) is 0 Å². The van der Waals surface area contributed by atoms with Crippen LogP contribution in [0.2, 0.25) is 0 Å². The van der Waals surface area contributed by atoms with Crippen LogP contribution in [0.1, 0.15) is 137 Å². The van der Waals surface area contributed by atoms with E-state index in [0.29, 0.717) is 18.6 Å². The van der Waals surface area contributed by atoms with Crippen LogP contribution in [0, 0.1) is 0 Å². The first-order valence-electron chi connectivity index (χ1n) is 23.4. The molecular formula is C52H77N3O6. The van der Waals surface area contributed by atoms with E-state index in [1.54, 1.807) is 12.1 Å². The molecule has 9 heteroatoms. The molecule has 3 saturated heterocycles. The largest absolute Gasteiger partial charge is 0.494 e. The van der Waals surface area contributed by atoms with Gasteiger partial charge in [0.2, 0.25) is 0 Å². The highest BCUT2D eigenvalue weighted by molar-refractivity contribution is 5.95. The molecular weight excluding hydrogens is 763 g/mol. The van der Waals surface area contributed by atoms with E-state index in [1.165, 1.54) is 96.6 Å². The zero-order valence-electron chi connectivity index (χ0n) is 38.3. The number of hydrogen-bond donors (Lipinski definition) is 0. The van der Waals surface area contributed by atoms with Gasteiger partial charge in [-0.25, -0.2) is 4.79 Å². The average molecular weight is 840 g/mol. The number of methoxy groups -OCH3 is 1. The number of benzene rings is 3. The Labute approximate surface area is 368 Å². The third-order valence-corrected chi connectivity index (χ3v) is 11.9. The highest BCUT2D eigenvalue weighted by Crippen LogP contribution is 2.20. The van der Waals surface area contributed by atoms with Crippen LogP contribution in [0.5, 0.6) is 17.2 Å². The van der Waals surface area contributed by atoms with Crippen LogP contribution in [0.15, 0.2) is 78.9 Å². The number of rotatable bonds is 19. The molecule has 9 nitrogen and oxygen atoms in total. The Hall–Kier alpha value is -4.18. The molecule has 0 amide bonds. The number of ketones is 1. The fraction of sp³-hybridized carbons (Fsp3) is 0.577. The van der Waals surface area contributed by atoms with Gasteiger partial charge >= 0.3 is 5.97 Å². The van der Waals surface area contributed by atoms with Gasteiger partial charge in [0.05, 0.1) is 32.5 Å². The normalized spacial score (nSPS) is 18.6. The fourth-order valence-corrected chi connectivity index (χ4v) is 8.17. The van der Waals surface area contributed by atoms with Crippen molar-refractivity contribution in [2.75, 3.05) is 72.7 Å². The molecule has 3 heterocycles. The zero-order chi connectivity index (χ0) is 43.5. The molecule has 3 aliphatic heterocycles. The van der Waals surface area contributed by atoms with Gasteiger partial charge in [-0.3, -0.25) is 4.79 Å². The molecule has 3 fully saturated rings. The molecule has 6 rings (SSSR count). The second kappa shape index (κ2) is 29.2. The summed E-state index contributed by atoms with van der Waals surface area (Å²) in [6.45, 7) is 19.2. The van der Waals surface area contributed by atoms with Gasteiger partial charge in [0.1, 0.15) is 17.2 Å². The number of carbonyl (C=O) groups is 2. The lowest BCUT2D eigenvalue weighted by Gasteiger charge is -2.33. The molecule has 0 bridgehead atoms. The Morgan fingerprint density at radius 2 is 1.03 bits per heavy atom. The molecule has 0 N–H and O–H groups in total. The summed E-state index contributed by atoms with van der Waals surface area (Å²) < 4.78 is 21.9. The molecule has 0 aliphatic carbocycles. The van der Waals surface area contributed by atoms with Crippen molar-refractivity contribution in [2.24, 2.45) is 0 Å². The molecule has 336 valence electrons. The first kappa shape index (κ1) is 49.5. The van der Waals surface area contributed by atoms with Gasteiger partial charge in [-0.1, -0.05) is 50.5 Å². The number of nitrogens with zero attached hydrogens (tertiary/aromatic N) is 3. The Morgan fingerprint density at radius 1 is 0.590 bits per heavy atom.